The van der Waals surface area contributed by atoms with Crippen LogP contribution >= 0.6 is 0 Å². The molecule has 1 aliphatic heterocycles. The molecular weight excluding hydrogens is 586 g/mol. The number of benzene rings is 2. The molecule has 0 bridgehead atoms. The third-order valence-electron chi connectivity index (χ3n) is 7.51. The number of carboxylic acids is 1. The number of urea groups is 1. The fourth-order valence-corrected chi connectivity index (χ4v) is 5.44. The second-order valence-corrected chi connectivity index (χ2v) is 9.79. The highest BCUT2D eigenvalue weighted by atomic mass is 19.4. The highest BCUT2D eigenvalue weighted by molar-refractivity contribution is 5.89. The van der Waals surface area contributed by atoms with Crippen molar-refractivity contribution < 1.29 is 59.3 Å². The number of nitrogens with one attached hydrogen (secondary N) is 2. The smallest absolute Gasteiger partial charge is 0.490 e. The van der Waals surface area contributed by atoms with E-state index in [4.69, 9.17) is 19.4 Å². The minimum absolute atomic E-state index is 0.0498. The third kappa shape index (κ3) is 6.47. The minimum Gasteiger partial charge on any atom is -0.493 e. The molecule has 2 amide bonds. The van der Waals surface area contributed by atoms with E-state index in [-0.39, 0.29) is 17.5 Å². The number of fused-ring (bicyclic) bond motifs is 1. The van der Waals surface area contributed by atoms with Crippen LogP contribution in [0.3, 0.4) is 0 Å². The molecule has 8 nitrogen and oxygen atoms in total. The fourth-order valence-electron chi connectivity index (χ4n) is 5.44. The van der Waals surface area contributed by atoms with Crippen molar-refractivity contribution in [3.8, 4) is 11.5 Å². The molecule has 2 aliphatic rings. The predicted octanol–water partition coefficient (Wildman–Crippen LogP) is 5.35. The van der Waals surface area contributed by atoms with Crippen LogP contribution in [0.15, 0.2) is 18.2 Å². The van der Waals surface area contributed by atoms with Gasteiger partial charge < -0.3 is 30.1 Å². The highest BCUT2D eigenvalue weighted by Crippen LogP contribution is 2.50. The average molecular weight is 614 g/mol. The predicted molar refractivity (Wildman–Crippen MR) is 132 cm³/mol. The van der Waals surface area contributed by atoms with E-state index in [1.807, 2.05) is 25.2 Å². The lowest BCUT2D eigenvalue weighted by Crippen LogP contribution is -2.52. The first kappa shape index (κ1) is 32.7. The Balaban J connectivity index is 0.000000616. The van der Waals surface area contributed by atoms with Crippen LogP contribution < -0.4 is 20.1 Å². The van der Waals surface area contributed by atoms with Gasteiger partial charge in [0, 0.05) is 17.5 Å². The molecule has 42 heavy (non-hydrogen) atoms. The molecule has 1 heterocycles. The van der Waals surface area contributed by atoms with Crippen LogP contribution in [0.2, 0.25) is 0 Å². The number of aliphatic carboxylic acids is 1. The van der Waals surface area contributed by atoms with Crippen LogP contribution in [-0.4, -0.2) is 68.1 Å². The van der Waals surface area contributed by atoms with Gasteiger partial charge in [-0.15, -0.1) is 0 Å². The van der Waals surface area contributed by atoms with Crippen LogP contribution in [-0.2, 0) is 10.2 Å². The van der Waals surface area contributed by atoms with Crippen molar-refractivity contribution in [2.45, 2.75) is 49.4 Å². The van der Waals surface area contributed by atoms with E-state index in [1.165, 1.54) is 0 Å². The van der Waals surface area contributed by atoms with Gasteiger partial charge in [0.2, 0.25) is 5.82 Å². The minimum atomic E-state index is -5.08. The standard InChI is InChI=1S/C24H26F5N3O3.C2HF3O2/c1-32-9-8-24(12-4-5-14(34-2)15(10-12)35-3)7-6-13(11-16(24)32)30-23(33)31-22-20(28)18(26)17(25)19(27)21(22)29;3-2(4,5)1(6)7/h4-5,10,13,16H,6-9,11H2,1-3H3,(H2,30,31,33);(H,6,7). The number of rotatable bonds is 5. The first-order valence-electron chi connectivity index (χ1n) is 12.4. The zero-order chi connectivity index (χ0) is 31.6. The topological polar surface area (TPSA) is 100 Å². The Bertz CT molecular complexity index is 1310. The number of hydrogen-bond acceptors (Lipinski definition) is 5. The number of nitrogens with zero attached hydrogens (tertiary/aromatic N) is 1. The average Bonchev–Trinajstić information content (AvgIpc) is 3.29. The van der Waals surface area contributed by atoms with Gasteiger partial charge in [-0.2, -0.15) is 13.2 Å². The maximum absolute atomic E-state index is 13.9. The molecule has 3 atom stereocenters. The first-order valence-corrected chi connectivity index (χ1v) is 12.4. The number of anilines is 1. The summed E-state index contributed by atoms with van der Waals surface area (Å²) in [5.74, 6) is -12.2. The van der Waals surface area contributed by atoms with Crippen LogP contribution in [0.4, 0.5) is 45.6 Å². The second-order valence-electron chi connectivity index (χ2n) is 9.79. The SMILES string of the molecule is COc1ccc(C23CCC(NC(=O)Nc4c(F)c(F)c(F)c(F)c4F)CC2N(C)CC3)cc1OC.O=C(O)C(F)(F)F. The first-order chi connectivity index (χ1) is 19.6. The number of carboxylic acid groups (broad SMARTS) is 1. The normalized spacial score (nSPS) is 22.0. The molecule has 2 aromatic carbocycles. The molecule has 16 heteroatoms. The summed E-state index contributed by atoms with van der Waals surface area (Å²) < 4.78 is 111. The summed E-state index contributed by atoms with van der Waals surface area (Å²) in [7, 11) is 5.13. The Labute approximate surface area is 234 Å². The summed E-state index contributed by atoms with van der Waals surface area (Å²) in [5.41, 5.74) is -0.481. The third-order valence-corrected chi connectivity index (χ3v) is 7.51. The van der Waals surface area contributed by atoms with Gasteiger partial charge in [0.1, 0.15) is 5.69 Å². The molecule has 2 aromatic rings. The fraction of sp³-hybridized carbons (Fsp3) is 0.462. The quantitative estimate of drug-likeness (QED) is 0.239. The van der Waals surface area contributed by atoms with Gasteiger partial charge in [0.15, 0.2) is 34.8 Å². The Hall–Kier alpha value is -3.82. The number of ether oxygens (including phenoxy) is 2. The van der Waals surface area contributed by atoms with E-state index < -0.39 is 53.0 Å². The molecular formula is C26H27F8N3O5. The largest absolute Gasteiger partial charge is 0.493 e. The zero-order valence-electron chi connectivity index (χ0n) is 22.5. The molecule has 0 radical (unpaired) electrons. The number of halogens is 8. The molecule has 1 saturated carbocycles. The number of alkyl halides is 3. The monoisotopic (exact) mass is 613 g/mol. The van der Waals surface area contributed by atoms with Gasteiger partial charge in [0.25, 0.3) is 0 Å². The van der Waals surface area contributed by atoms with Gasteiger partial charge in [-0.3, -0.25) is 0 Å². The summed E-state index contributed by atoms with van der Waals surface area (Å²) in [6.07, 6.45) is -2.38. The highest BCUT2D eigenvalue weighted by Gasteiger charge is 2.50. The number of likely N-dealkylation sites (N-methyl/N-ethyl adjacent to an activating group) is 1. The lowest BCUT2D eigenvalue weighted by Gasteiger charge is -2.45. The summed E-state index contributed by atoms with van der Waals surface area (Å²) in [6, 6.07) is 4.48. The van der Waals surface area contributed by atoms with E-state index in [2.05, 4.69) is 10.2 Å². The lowest BCUT2D eigenvalue weighted by atomic mass is 9.65. The van der Waals surface area contributed by atoms with E-state index in [9.17, 15) is 39.9 Å². The molecule has 1 saturated heterocycles. The van der Waals surface area contributed by atoms with E-state index in [0.717, 1.165) is 18.5 Å². The van der Waals surface area contributed by atoms with Crippen molar-refractivity contribution in [1.82, 2.24) is 10.2 Å². The molecule has 0 spiro atoms. The number of methoxy groups -OCH3 is 2. The maximum atomic E-state index is 13.9. The lowest BCUT2D eigenvalue weighted by molar-refractivity contribution is -0.192. The number of likely N-dealkylation sites (tertiary alicyclic amines) is 1. The number of hydrogen-bond donors (Lipinski definition) is 3. The van der Waals surface area contributed by atoms with Crippen molar-refractivity contribution in [1.29, 1.82) is 0 Å². The zero-order valence-corrected chi connectivity index (χ0v) is 22.5. The Morgan fingerprint density at radius 2 is 1.50 bits per heavy atom. The Kier molecular flexibility index (Phi) is 9.80. The van der Waals surface area contributed by atoms with E-state index in [1.54, 1.807) is 19.5 Å². The molecule has 2 fully saturated rings. The number of amides is 2. The molecule has 232 valence electrons. The van der Waals surface area contributed by atoms with Gasteiger partial charge >= 0.3 is 18.2 Å². The summed E-state index contributed by atoms with van der Waals surface area (Å²) in [5, 5.41) is 11.5. The van der Waals surface area contributed by atoms with Gasteiger partial charge in [-0.25, -0.2) is 31.5 Å². The summed E-state index contributed by atoms with van der Waals surface area (Å²) in [4.78, 5) is 23.5. The Morgan fingerprint density at radius 3 is 2.02 bits per heavy atom. The number of carbonyl (C=O) groups is 2. The van der Waals surface area contributed by atoms with Gasteiger partial charge in [-0.05, 0) is 57.0 Å². The van der Waals surface area contributed by atoms with Crippen LogP contribution in [0.1, 0.15) is 31.2 Å². The van der Waals surface area contributed by atoms with Crippen LogP contribution in [0.25, 0.3) is 0 Å². The van der Waals surface area contributed by atoms with E-state index in [0.29, 0.717) is 30.8 Å². The van der Waals surface area contributed by atoms with Crippen molar-refractivity contribution >= 4 is 17.7 Å². The maximum Gasteiger partial charge on any atom is 0.490 e. The molecule has 3 unspecified atom stereocenters. The van der Waals surface area contributed by atoms with Crippen LogP contribution in [0, 0.1) is 29.1 Å². The molecule has 0 aromatic heterocycles. The molecule has 4 rings (SSSR count). The van der Waals surface area contributed by atoms with Gasteiger partial charge in [0.05, 0.1) is 14.2 Å². The summed E-state index contributed by atoms with van der Waals surface area (Å²) >= 11 is 0. The van der Waals surface area contributed by atoms with Crippen molar-refractivity contribution in [2.24, 2.45) is 0 Å². The summed E-state index contributed by atoms with van der Waals surface area (Å²) in [6.45, 7) is 0.836. The van der Waals surface area contributed by atoms with Crippen molar-refractivity contribution in [3.05, 3.63) is 52.8 Å². The van der Waals surface area contributed by atoms with Crippen molar-refractivity contribution in [2.75, 3.05) is 33.1 Å². The second kappa shape index (κ2) is 12.6. The molecule has 1 aliphatic carbocycles. The Morgan fingerprint density at radius 1 is 0.952 bits per heavy atom. The molecule has 3 N–H and O–H groups in total. The van der Waals surface area contributed by atoms with Crippen molar-refractivity contribution in [3.63, 3.8) is 0 Å². The van der Waals surface area contributed by atoms with Gasteiger partial charge in [-0.1, -0.05) is 6.07 Å². The van der Waals surface area contributed by atoms with Crippen LogP contribution in [0.5, 0.6) is 11.5 Å². The number of carbonyl (C=O) groups excluding carboxylic acids is 1. The van der Waals surface area contributed by atoms with E-state index >= 15 is 0 Å².